The maximum Gasteiger partial charge on any atom is 0.159 e. The highest BCUT2D eigenvalue weighted by atomic mass is 16.3. The van der Waals surface area contributed by atoms with Crippen molar-refractivity contribution in [3.63, 3.8) is 0 Å². The minimum Gasteiger partial charge on any atom is -0.455 e. The number of nitrogens with zero attached hydrogens (tertiary/aromatic N) is 4. The van der Waals surface area contributed by atoms with Crippen LogP contribution in [0.2, 0.25) is 0 Å². The summed E-state index contributed by atoms with van der Waals surface area (Å²) >= 11 is 0. The molecule has 550 valence electrons. The van der Waals surface area contributed by atoms with Crippen LogP contribution in [0.25, 0.3) is 131 Å². The van der Waals surface area contributed by atoms with Crippen LogP contribution in [0.4, 0.5) is 68.2 Å². The highest BCUT2D eigenvalue weighted by molar-refractivity contribution is 6.32. The Kier molecular flexibility index (Phi) is 17.1. The van der Waals surface area contributed by atoms with E-state index in [4.69, 9.17) is 13.3 Å². The Morgan fingerprint density at radius 2 is 0.491 bits per heavy atom. The molecule has 116 heavy (non-hydrogen) atoms. The zero-order valence-corrected chi connectivity index (χ0v) is 64.2. The van der Waals surface area contributed by atoms with Crippen molar-refractivity contribution < 1.29 is 13.3 Å². The lowest BCUT2D eigenvalue weighted by Crippen LogP contribution is -2.13. The highest BCUT2D eigenvalue weighted by Crippen LogP contribution is 2.50. The maximum atomic E-state index is 6.99. The summed E-state index contributed by atoms with van der Waals surface area (Å²) in [5.41, 5.74) is 26.7. The number of anilines is 12. The topological polar surface area (TPSA) is 52.4 Å². The molecule has 7 nitrogen and oxygen atoms in total. The second kappa shape index (κ2) is 28.8. The second-order valence-corrected chi connectivity index (χ2v) is 30.0. The van der Waals surface area contributed by atoms with Crippen LogP contribution in [-0.2, 0) is 0 Å². The average Bonchev–Trinajstić information content (AvgIpc) is 1.55. The van der Waals surface area contributed by atoms with Gasteiger partial charge in [-0.25, -0.2) is 0 Å². The van der Waals surface area contributed by atoms with Gasteiger partial charge in [0.05, 0.1) is 17.1 Å². The van der Waals surface area contributed by atoms with Crippen molar-refractivity contribution >= 4 is 177 Å². The Balaban J connectivity index is 0.000000145. The van der Waals surface area contributed by atoms with Crippen LogP contribution in [0.1, 0.15) is 16.7 Å². The van der Waals surface area contributed by atoms with Gasteiger partial charge in [0.15, 0.2) is 5.58 Å². The Bertz CT molecular complexity index is 7370. The van der Waals surface area contributed by atoms with Gasteiger partial charge in [-0.2, -0.15) is 0 Å². The van der Waals surface area contributed by atoms with E-state index in [1.807, 2.05) is 18.2 Å². The van der Waals surface area contributed by atoms with Crippen LogP contribution in [0, 0.1) is 20.8 Å². The lowest BCUT2D eigenvalue weighted by molar-refractivity contribution is 0.668. The van der Waals surface area contributed by atoms with Crippen molar-refractivity contribution in [2.45, 2.75) is 20.8 Å². The first-order valence-electron chi connectivity index (χ1n) is 39.6. The van der Waals surface area contributed by atoms with E-state index >= 15 is 0 Å². The molecule has 0 aliphatic rings. The molecule has 0 N–H and O–H groups in total. The van der Waals surface area contributed by atoms with Gasteiger partial charge >= 0.3 is 0 Å². The molecule has 0 aliphatic carbocycles. The number of furan rings is 3. The van der Waals surface area contributed by atoms with Crippen LogP contribution in [0.15, 0.2) is 420 Å². The summed E-state index contributed by atoms with van der Waals surface area (Å²) in [6.45, 7) is 6.57. The number of para-hydroxylation sites is 8. The fourth-order valence-corrected chi connectivity index (χ4v) is 17.8. The van der Waals surface area contributed by atoms with E-state index < -0.39 is 0 Å². The third-order valence-electron chi connectivity index (χ3n) is 22.9. The average molecular weight is 1490 g/mol. The molecule has 0 aliphatic heterocycles. The van der Waals surface area contributed by atoms with Gasteiger partial charge in [-0.3, -0.25) is 0 Å². The summed E-state index contributed by atoms with van der Waals surface area (Å²) in [6, 6.07) is 145. The van der Waals surface area contributed by atoms with Gasteiger partial charge in [0.2, 0.25) is 0 Å². The number of aryl methyl sites for hydroxylation is 3. The molecule has 7 heteroatoms. The first-order valence-corrected chi connectivity index (χ1v) is 39.6. The highest BCUT2D eigenvalue weighted by Gasteiger charge is 2.26. The minimum absolute atomic E-state index is 0.832. The second-order valence-electron chi connectivity index (χ2n) is 30.0. The van der Waals surface area contributed by atoms with Crippen LogP contribution in [0.5, 0.6) is 0 Å². The SMILES string of the molecule is Cc1cc(C)c(N(c2ccccc2)c2ccc3c(c2)oc2c4ccc(-c5ccc(N(c6ccccc6)c6ccccc6)cc5)cc4c4ccccc4c32)c(C)c1.c1ccc(N(c2ccccc2)c2ccc(-c3ccc4c(c3)c3ccccc3c3c5ccc(N(c6ccccc6)c6cccc7c6oc6ccccc67)cc5oc43)cc2)cc1. The molecular weight excluding hydrogens is 1410 g/mol. The number of fused-ring (bicyclic) bond motifs is 19. The van der Waals surface area contributed by atoms with E-state index in [-0.39, 0.29) is 0 Å². The lowest BCUT2D eigenvalue weighted by Gasteiger charge is -2.29. The van der Waals surface area contributed by atoms with E-state index in [0.29, 0.717) is 0 Å². The smallest absolute Gasteiger partial charge is 0.159 e. The van der Waals surface area contributed by atoms with Crippen molar-refractivity contribution in [1.29, 1.82) is 0 Å². The molecule has 3 aromatic heterocycles. The van der Waals surface area contributed by atoms with Crippen molar-refractivity contribution in [3.05, 3.63) is 423 Å². The number of benzene rings is 19. The first-order chi connectivity index (χ1) is 57.3. The normalized spacial score (nSPS) is 11.6. The molecule has 22 rings (SSSR count). The van der Waals surface area contributed by atoms with Gasteiger partial charge in [0.25, 0.3) is 0 Å². The predicted octanol–water partition coefficient (Wildman–Crippen LogP) is 31.8. The number of rotatable bonds is 14. The maximum absolute atomic E-state index is 6.99. The summed E-state index contributed by atoms with van der Waals surface area (Å²) in [7, 11) is 0. The summed E-state index contributed by atoms with van der Waals surface area (Å²) in [4.78, 5) is 9.22. The van der Waals surface area contributed by atoms with E-state index in [1.54, 1.807) is 0 Å². The third kappa shape index (κ3) is 12.1. The van der Waals surface area contributed by atoms with E-state index in [0.717, 1.165) is 161 Å². The molecule has 0 fully saturated rings. The van der Waals surface area contributed by atoms with Crippen LogP contribution in [-0.4, -0.2) is 0 Å². The molecule has 0 bridgehead atoms. The molecule has 0 saturated heterocycles. The van der Waals surface area contributed by atoms with Crippen LogP contribution >= 0.6 is 0 Å². The largest absolute Gasteiger partial charge is 0.455 e. The van der Waals surface area contributed by atoms with Crippen molar-refractivity contribution in [2.24, 2.45) is 0 Å². The molecule has 22 aromatic rings. The quantitative estimate of drug-likeness (QED) is 0.101. The van der Waals surface area contributed by atoms with Gasteiger partial charge in [0.1, 0.15) is 27.9 Å². The van der Waals surface area contributed by atoms with Gasteiger partial charge in [-0.15, -0.1) is 0 Å². The Hall–Kier alpha value is -15.2. The molecule has 3 heterocycles. The molecule has 0 saturated carbocycles. The van der Waals surface area contributed by atoms with E-state index in [9.17, 15) is 0 Å². The zero-order chi connectivity index (χ0) is 77.3. The fourth-order valence-electron chi connectivity index (χ4n) is 17.8. The Labute approximate surface area is 671 Å². The summed E-state index contributed by atoms with van der Waals surface area (Å²) in [5.74, 6) is 0. The molecule has 0 spiro atoms. The monoisotopic (exact) mass is 1490 g/mol. The number of hydrogen-bond donors (Lipinski definition) is 0. The Morgan fingerprint density at radius 3 is 0.922 bits per heavy atom. The van der Waals surface area contributed by atoms with Gasteiger partial charge in [-0.1, -0.05) is 242 Å². The first kappa shape index (κ1) is 68.8. The molecule has 0 atom stereocenters. The summed E-state index contributed by atoms with van der Waals surface area (Å²) in [5, 5.41) is 16.0. The fraction of sp³-hybridized carbons (Fsp3) is 0.0275. The van der Waals surface area contributed by atoms with Crippen molar-refractivity contribution in [2.75, 3.05) is 19.6 Å². The molecule has 0 amide bonds. The molecular formula is C109H76N4O3. The van der Waals surface area contributed by atoms with E-state index in [1.165, 1.54) is 54.9 Å². The van der Waals surface area contributed by atoms with E-state index in [2.05, 4.69) is 429 Å². The van der Waals surface area contributed by atoms with Crippen molar-refractivity contribution in [3.8, 4) is 22.3 Å². The van der Waals surface area contributed by atoms with Crippen LogP contribution in [0.3, 0.4) is 0 Å². The van der Waals surface area contributed by atoms with Crippen LogP contribution < -0.4 is 19.6 Å². The Morgan fingerprint density at radius 1 is 0.181 bits per heavy atom. The van der Waals surface area contributed by atoms with Gasteiger partial charge < -0.3 is 32.9 Å². The summed E-state index contributed by atoms with van der Waals surface area (Å²) in [6.07, 6.45) is 0. The standard InChI is InChI=1S/C56H36N2O2.C53H40N2O/c1-4-15-39(16-5-1)57(40-17-6-2-7-18-40)42-30-27-37(28-31-42)38-29-33-48-50(35-38)44-21-10-11-23-46(44)54-49-34-32-43(36-53(49)60-56(48)54)58(41-19-8-3-9-20-41)51-25-14-24-47-45-22-12-13-26-52(45)59-55(47)51;1-35-31-36(2)52(37(3)32-35)55(42-19-11-6-12-20-42)44-28-30-48-50(34-44)56-53-47-29-25-39(33-49(47)45-21-13-14-22-46(45)51(48)53)38-23-26-43(27-24-38)54(40-15-7-4-8-16-40)41-17-9-5-10-18-41/h1-36H;4-34H,1-3H3. The van der Waals surface area contributed by atoms with Gasteiger partial charge in [0, 0.05) is 106 Å². The molecule has 0 unspecified atom stereocenters. The predicted molar refractivity (Wildman–Crippen MR) is 489 cm³/mol. The molecule has 0 radical (unpaired) electrons. The number of hydrogen-bond acceptors (Lipinski definition) is 7. The lowest BCUT2D eigenvalue weighted by atomic mass is 9.94. The van der Waals surface area contributed by atoms with Crippen molar-refractivity contribution in [1.82, 2.24) is 0 Å². The minimum atomic E-state index is 0.832. The molecule has 19 aromatic carbocycles. The zero-order valence-electron chi connectivity index (χ0n) is 64.2. The van der Waals surface area contributed by atoms with Gasteiger partial charge in [-0.05, 0) is 244 Å². The summed E-state index contributed by atoms with van der Waals surface area (Å²) < 4.78 is 20.5. The third-order valence-corrected chi connectivity index (χ3v) is 22.9.